The van der Waals surface area contributed by atoms with Gasteiger partial charge < -0.3 is 19.9 Å². The first-order chi connectivity index (χ1) is 8.71. The topological polar surface area (TPSA) is 50.7 Å². The molecule has 0 radical (unpaired) electrons. The number of benzene rings is 1. The molecule has 108 valence electrons. The summed E-state index contributed by atoms with van der Waals surface area (Å²) in [4.78, 5) is 0. The minimum atomic E-state index is -4.71. The standard InChI is InChI=1S/C12H16F3NO3/c1-11(17,12(13,14)15)7-16-9-5-4-8(18-2)6-10(9)19-3/h4-6,16-17H,7H2,1-3H3. The Balaban J connectivity index is 2.83. The van der Waals surface area contributed by atoms with Gasteiger partial charge in [-0.05, 0) is 19.1 Å². The SMILES string of the molecule is COc1ccc(NCC(C)(O)C(F)(F)F)c(OC)c1. The predicted octanol–water partition coefficient (Wildman–Crippen LogP) is 2.43. The van der Waals surface area contributed by atoms with E-state index in [-0.39, 0.29) is 0 Å². The van der Waals surface area contributed by atoms with Gasteiger partial charge in [0.2, 0.25) is 0 Å². The molecule has 19 heavy (non-hydrogen) atoms. The molecule has 0 heterocycles. The van der Waals surface area contributed by atoms with Crippen molar-refractivity contribution in [3.05, 3.63) is 18.2 Å². The summed E-state index contributed by atoms with van der Waals surface area (Å²) in [5.41, 5.74) is -2.48. The molecule has 0 amide bonds. The molecule has 0 saturated heterocycles. The Hall–Kier alpha value is -1.63. The van der Waals surface area contributed by atoms with E-state index in [9.17, 15) is 18.3 Å². The third-order valence-corrected chi connectivity index (χ3v) is 2.64. The molecule has 0 aliphatic heterocycles. The second-order valence-corrected chi connectivity index (χ2v) is 4.19. The Bertz CT molecular complexity index is 433. The summed E-state index contributed by atoms with van der Waals surface area (Å²) in [6.07, 6.45) is -4.71. The second kappa shape index (κ2) is 5.56. The molecule has 0 saturated carbocycles. The molecule has 7 heteroatoms. The van der Waals surface area contributed by atoms with Gasteiger partial charge in [-0.15, -0.1) is 0 Å². The van der Waals surface area contributed by atoms with E-state index in [4.69, 9.17) is 9.47 Å². The number of anilines is 1. The highest BCUT2D eigenvalue weighted by molar-refractivity contribution is 5.59. The minimum absolute atomic E-state index is 0.331. The molecule has 1 rings (SSSR count). The maximum atomic E-state index is 12.5. The Morgan fingerprint density at radius 1 is 1.21 bits per heavy atom. The van der Waals surface area contributed by atoms with Crippen molar-refractivity contribution in [2.45, 2.75) is 18.7 Å². The van der Waals surface area contributed by atoms with E-state index in [2.05, 4.69) is 5.32 Å². The molecule has 0 spiro atoms. The zero-order valence-electron chi connectivity index (χ0n) is 10.8. The lowest BCUT2D eigenvalue weighted by atomic mass is 10.1. The average Bonchev–Trinajstić information content (AvgIpc) is 2.34. The summed E-state index contributed by atoms with van der Waals surface area (Å²) >= 11 is 0. The van der Waals surface area contributed by atoms with E-state index < -0.39 is 18.3 Å². The highest BCUT2D eigenvalue weighted by atomic mass is 19.4. The van der Waals surface area contributed by atoms with Crippen LogP contribution in [0.1, 0.15) is 6.92 Å². The van der Waals surface area contributed by atoms with Gasteiger partial charge in [0.25, 0.3) is 0 Å². The van der Waals surface area contributed by atoms with E-state index in [0.29, 0.717) is 24.1 Å². The van der Waals surface area contributed by atoms with Crippen molar-refractivity contribution >= 4 is 5.69 Å². The Kier molecular flexibility index (Phi) is 4.52. The molecule has 0 aromatic heterocycles. The average molecular weight is 279 g/mol. The van der Waals surface area contributed by atoms with Crippen LogP contribution in [0.5, 0.6) is 11.5 Å². The third-order valence-electron chi connectivity index (χ3n) is 2.64. The van der Waals surface area contributed by atoms with Gasteiger partial charge in [0, 0.05) is 6.07 Å². The van der Waals surface area contributed by atoms with E-state index in [0.717, 1.165) is 0 Å². The van der Waals surface area contributed by atoms with Crippen molar-refractivity contribution < 1.29 is 27.8 Å². The number of rotatable bonds is 5. The van der Waals surface area contributed by atoms with Crippen LogP contribution in [0.2, 0.25) is 0 Å². The summed E-state index contributed by atoms with van der Waals surface area (Å²) in [5.74, 6) is 0.849. The third kappa shape index (κ3) is 3.66. The van der Waals surface area contributed by atoms with E-state index in [1.165, 1.54) is 26.4 Å². The fraction of sp³-hybridized carbons (Fsp3) is 0.500. The molecule has 4 nitrogen and oxygen atoms in total. The van der Waals surface area contributed by atoms with Crippen LogP contribution >= 0.6 is 0 Å². The second-order valence-electron chi connectivity index (χ2n) is 4.19. The summed E-state index contributed by atoms with van der Waals surface area (Å²) in [6.45, 7) is 0.0230. The van der Waals surface area contributed by atoms with Crippen LogP contribution in [0.25, 0.3) is 0 Å². The van der Waals surface area contributed by atoms with Gasteiger partial charge in [-0.3, -0.25) is 0 Å². The first-order valence-electron chi connectivity index (χ1n) is 5.46. The summed E-state index contributed by atoms with van der Waals surface area (Å²) in [7, 11) is 2.86. The molecule has 1 aromatic carbocycles. The van der Waals surface area contributed by atoms with Crippen LogP contribution in [0.4, 0.5) is 18.9 Å². The lowest BCUT2D eigenvalue weighted by molar-refractivity contribution is -0.246. The number of aliphatic hydroxyl groups is 1. The zero-order valence-corrected chi connectivity index (χ0v) is 10.8. The fourth-order valence-electron chi connectivity index (χ4n) is 1.31. The van der Waals surface area contributed by atoms with E-state index in [1.54, 1.807) is 6.07 Å². The van der Waals surface area contributed by atoms with Gasteiger partial charge in [-0.25, -0.2) is 0 Å². The maximum Gasteiger partial charge on any atom is 0.418 e. The summed E-state index contributed by atoms with van der Waals surface area (Å²) < 4.78 is 47.5. The molecule has 0 bridgehead atoms. The van der Waals surface area contributed by atoms with Crippen molar-refractivity contribution in [3.8, 4) is 11.5 Å². The smallest absolute Gasteiger partial charge is 0.418 e. The van der Waals surface area contributed by atoms with E-state index >= 15 is 0 Å². The number of methoxy groups -OCH3 is 2. The van der Waals surface area contributed by atoms with Crippen LogP contribution < -0.4 is 14.8 Å². The van der Waals surface area contributed by atoms with Gasteiger partial charge in [0.1, 0.15) is 11.5 Å². The number of nitrogens with one attached hydrogen (secondary N) is 1. The van der Waals surface area contributed by atoms with Gasteiger partial charge >= 0.3 is 6.18 Å². The molecule has 0 aliphatic rings. The predicted molar refractivity (Wildman–Crippen MR) is 64.7 cm³/mol. The van der Waals surface area contributed by atoms with Crippen LogP contribution in [-0.4, -0.2) is 37.6 Å². The number of halogens is 3. The van der Waals surface area contributed by atoms with Crippen molar-refractivity contribution in [1.29, 1.82) is 0 Å². The first kappa shape index (κ1) is 15.4. The minimum Gasteiger partial charge on any atom is -0.497 e. The molecule has 0 aliphatic carbocycles. The van der Waals surface area contributed by atoms with Gasteiger partial charge in [-0.1, -0.05) is 0 Å². The molecule has 2 N–H and O–H groups in total. The molecule has 1 aromatic rings. The Morgan fingerprint density at radius 3 is 2.32 bits per heavy atom. The van der Waals surface area contributed by atoms with Gasteiger partial charge in [0.05, 0.1) is 26.5 Å². The monoisotopic (exact) mass is 279 g/mol. The molecular weight excluding hydrogens is 263 g/mol. The quantitative estimate of drug-likeness (QED) is 0.869. The van der Waals surface area contributed by atoms with E-state index in [1.807, 2.05) is 0 Å². The first-order valence-corrected chi connectivity index (χ1v) is 5.46. The lowest BCUT2D eigenvalue weighted by Gasteiger charge is -2.27. The molecule has 0 fully saturated rings. The fourth-order valence-corrected chi connectivity index (χ4v) is 1.31. The zero-order chi connectivity index (χ0) is 14.7. The van der Waals surface area contributed by atoms with Crippen molar-refractivity contribution in [2.24, 2.45) is 0 Å². The Labute approximate surface area is 109 Å². The van der Waals surface area contributed by atoms with Crippen molar-refractivity contribution in [3.63, 3.8) is 0 Å². The van der Waals surface area contributed by atoms with Crippen molar-refractivity contribution in [2.75, 3.05) is 26.1 Å². The highest BCUT2D eigenvalue weighted by Crippen LogP contribution is 2.33. The van der Waals surface area contributed by atoms with Crippen LogP contribution in [-0.2, 0) is 0 Å². The lowest BCUT2D eigenvalue weighted by Crippen LogP contribution is -2.47. The van der Waals surface area contributed by atoms with Gasteiger partial charge in [0.15, 0.2) is 5.60 Å². The summed E-state index contributed by atoms with van der Waals surface area (Å²) in [6, 6.07) is 4.63. The maximum absolute atomic E-state index is 12.5. The number of alkyl halides is 3. The number of ether oxygens (including phenoxy) is 2. The summed E-state index contributed by atoms with van der Waals surface area (Å²) in [5, 5.41) is 11.8. The molecular formula is C12H16F3NO3. The van der Waals surface area contributed by atoms with Crippen LogP contribution in [0, 0.1) is 0 Å². The van der Waals surface area contributed by atoms with Crippen LogP contribution in [0.3, 0.4) is 0 Å². The van der Waals surface area contributed by atoms with Gasteiger partial charge in [-0.2, -0.15) is 13.2 Å². The number of hydrogen-bond acceptors (Lipinski definition) is 4. The Morgan fingerprint density at radius 2 is 1.84 bits per heavy atom. The molecule has 1 unspecified atom stereocenters. The van der Waals surface area contributed by atoms with Crippen LogP contribution in [0.15, 0.2) is 18.2 Å². The number of hydrogen-bond donors (Lipinski definition) is 2. The van der Waals surface area contributed by atoms with Crippen molar-refractivity contribution in [1.82, 2.24) is 0 Å². The normalized spacial score (nSPS) is 14.7. The highest BCUT2D eigenvalue weighted by Gasteiger charge is 2.49. The largest absolute Gasteiger partial charge is 0.497 e. The molecule has 1 atom stereocenters.